The van der Waals surface area contributed by atoms with Crippen LogP contribution in [0.5, 0.6) is 0 Å². The molecule has 0 aromatic rings. The predicted octanol–water partition coefficient (Wildman–Crippen LogP) is 0.521. The molecule has 1 N–H and O–H groups in total. The third-order valence-electron chi connectivity index (χ3n) is 4.63. The van der Waals surface area contributed by atoms with Crippen LogP contribution in [0.3, 0.4) is 0 Å². The molecular weight excluding hydrogens is 242 g/mol. The first kappa shape index (κ1) is 11.5. The Labute approximate surface area is 101 Å². The maximum Gasteiger partial charge on any atom is 0.308 e. The minimum Gasteiger partial charge on any atom is -0.481 e. The zero-order valence-electron chi connectivity index (χ0n) is 9.58. The molecule has 1 heterocycles. The van der Waals surface area contributed by atoms with Crippen molar-refractivity contribution < 1.29 is 18.3 Å². The van der Waals surface area contributed by atoms with Gasteiger partial charge in [-0.15, -0.1) is 0 Å². The van der Waals surface area contributed by atoms with E-state index >= 15 is 0 Å². The number of rotatable bonds is 2. The lowest BCUT2D eigenvalue weighted by molar-refractivity contribution is -0.145. The molecule has 3 aliphatic rings. The van der Waals surface area contributed by atoms with Crippen molar-refractivity contribution in [2.75, 3.05) is 12.3 Å². The number of carboxylic acids is 1. The van der Waals surface area contributed by atoms with Gasteiger partial charge in [0.05, 0.1) is 11.7 Å². The lowest BCUT2D eigenvalue weighted by Crippen LogP contribution is -2.47. The van der Waals surface area contributed by atoms with Crippen molar-refractivity contribution in [3.63, 3.8) is 0 Å². The SMILES string of the molecule is O=C(O)C1C2CCC(C2)C1N1CCCS1(=O)=O. The summed E-state index contributed by atoms with van der Waals surface area (Å²) in [4.78, 5) is 11.3. The summed E-state index contributed by atoms with van der Waals surface area (Å²) < 4.78 is 25.3. The summed E-state index contributed by atoms with van der Waals surface area (Å²) in [6.45, 7) is 0.514. The molecule has 0 aromatic heterocycles. The highest BCUT2D eigenvalue weighted by Crippen LogP contribution is 2.51. The van der Waals surface area contributed by atoms with E-state index in [1.54, 1.807) is 0 Å². The fourth-order valence-corrected chi connectivity index (χ4v) is 5.83. The molecular formula is C11H17NO4S. The molecule has 4 unspecified atom stereocenters. The molecule has 1 aliphatic heterocycles. The van der Waals surface area contributed by atoms with E-state index in [9.17, 15) is 18.3 Å². The number of fused-ring (bicyclic) bond motifs is 2. The predicted molar refractivity (Wildman–Crippen MR) is 60.9 cm³/mol. The number of hydrogen-bond donors (Lipinski definition) is 1. The van der Waals surface area contributed by atoms with Crippen LogP contribution in [-0.2, 0) is 14.8 Å². The molecule has 6 heteroatoms. The molecule has 4 atom stereocenters. The van der Waals surface area contributed by atoms with Gasteiger partial charge in [-0.3, -0.25) is 4.79 Å². The normalized spacial score (nSPS) is 44.2. The quantitative estimate of drug-likeness (QED) is 0.784. The Balaban J connectivity index is 1.94. The Bertz CT molecular complexity index is 446. The van der Waals surface area contributed by atoms with Crippen LogP contribution in [0.15, 0.2) is 0 Å². The molecule has 0 aromatic carbocycles. The summed E-state index contributed by atoms with van der Waals surface area (Å²) in [6, 6.07) is -0.265. The Morgan fingerprint density at radius 1 is 1.24 bits per heavy atom. The summed E-state index contributed by atoms with van der Waals surface area (Å²) in [5, 5.41) is 9.31. The summed E-state index contributed by atoms with van der Waals surface area (Å²) in [6.07, 6.45) is 3.48. The van der Waals surface area contributed by atoms with Gasteiger partial charge >= 0.3 is 5.97 Å². The molecule has 3 fully saturated rings. The zero-order chi connectivity index (χ0) is 12.2. The molecule has 0 amide bonds. The average molecular weight is 259 g/mol. The van der Waals surface area contributed by atoms with Crippen molar-refractivity contribution in [3.05, 3.63) is 0 Å². The third-order valence-corrected chi connectivity index (χ3v) is 6.57. The summed E-state index contributed by atoms with van der Waals surface area (Å²) in [7, 11) is -3.19. The molecule has 2 saturated carbocycles. The van der Waals surface area contributed by atoms with Crippen LogP contribution in [-0.4, -0.2) is 42.1 Å². The van der Waals surface area contributed by atoms with Gasteiger partial charge in [0.1, 0.15) is 0 Å². The monoisotopic (exact) mass is 259 g/mol. The van der Waals surface area contributed by atoms with Gasteiger partial charge in [0.15, 0.2) is 0 Å². The Hall–Kier alpha value is -0.620. The van der Waals surface area contributed by atoms with Gasteiger partial charge in [-0.25, -0.2) is 8.42 Å². The minimum absolute atomic E-state index is 0.188. The van der Waals surface area contributed by atoms with Crippen molar-refractivity contribution >= 4 is 16.0 Å². The van der Waals surface area contributed by atoms with Gasteiger partial charge in [0.2, 0.25) is 10.0 Å². The Kier molecular flexibility index (Phi) is 2.49. The van der Waals surface area contributed by atoms with E-state index in [1.165, 1.54) is 4.31 Å². The third kappa shape index (κ3) is 1.61. The lowest BCUT2D eigenvalue weighted by atomic mass is 9.84. The number of nitrogens with zero attached hydrogens (tertiary/aromatic N) is 1. The van der Waals surface area contributed by atoms with Crippen molar-refractivity contribution in [3.8, 4) is 0 Å². The number of aliphatic carboxylic acids is 1. The van der Waals surface area contributed by atoms with E-state index in [0.29, 0.717) is 13.0 Å². The highest BCUT2D eigenvalue weighted by molar-refractivity contribution is 7.89. The van der Waals surface area contributed by atoms with E-state index in [0.717, 1.165) is 19.3 Å². The van der Waals surface area contributed by atoms with Crippen molar-refractivity contribution in [2.24, 2.45) is 17.8 Å². The highest BCUT2D eigenvalue weighted by atomic mass is 32.2. The second-order valence-electron chi connectivity index (χ2n) is 5.47. The van der Waals surface area contributed by atoms with Crippen LogP contribution in [0.2, 0.25) is 0 Å². The standard InChI is InChI=1S/C11H17NO4S/c13-11(14)9-7-2-3-8(6-7)10(9)12-4-1-5-17(12,15)16/h7-10H,1-6H2,(H,13,14). The first-order valence-electron chi connectivity index (χ1n) is 6.23. The van der Waals surface area contributed by atoms with Crippen LogP contribution >= 0.6 is 0 Å². The van der Waals surface area contributed by atoms with Crippen LogP contribution in [0.4, 0.5) is 0 Å². The molecule has 2 aliphatic carbocycles. The van der Waals surface area contributed by atoms with E-state index < -0.39 is 21.9 Å². The molecule has 5 nitrogen and oxygen atoms in total. The largest absolute Gasteiger partial charge is 0.481 e. The topological polar surface area (TPSA) is 74.7 Å². The number of carbonyl (C=O) groups is 1. The summed E-state index contributed by atoms with van der Waals surface area (Å²) in [5.41, 5.74) is 0. The molecule has 17 heavy (non-hydrogen) atoms. The van der Waals surface area contributed by atoms with Gasteiger partial charge in [-0.1, -0.05) is 0 Å². The van der Waals surface area contributed by atoms with Crippen LogP contribution < -0.4 is 0 Å². The van der Waals surface area contributed by atoms with Crippen molar-refractivity contribution in [2.45, 2.75) is 31.7 Å². The van der Waals surface area contributed by atoms with E-state index in [-0.39, 0.29) is 23.6 Å². The fraction of sp³-hybridized carbons (Fsp3) is 0.909. The van der Waals surface area contributed by atoms with Gasteiger partial charge in [-0.05, 0) is 37.5 Å². The molecule has 3 rings (SSSR count). The van der Waals surface area contributed by atoms with E-state index in [4.69, 9.17) is 0 Å². The second kappa shape index (κ2) is 3.68. The molecule has 1 saturated heterocycles. The minimum atomic E-state index is -3.19. The van der Waals surface area contributed by atoms with Crippen LogP contribution in [0.25, 0.3) is 0 Å². The fourth-order valence-electron chi connectivity index (χ4n) is 4.02. The second-order valence-corrected chi connectivity index (χ2v) is 7.51. The number of carboxylic acid groups (broad SMARTS) is 1. The van der Waals surface area contributed by atoms with E-state index in [1.807, 2.05) is 0 Å². The molecule has 2 bridgehead atoms. The van der Waals surface area contributed by atoms with Gasteiger partial charge in [0.25, 0.3) is 0 Å². The van der Waals surface area contributed by atoms with Gasteiger partial charge < -0.3 is 5.11 Å². The van der Waals surface area contributed by atoms with Gasteiger partial charge in [0, 0.05) is 12.6 Å². The van der Waals surface area contributed by atoms with Crippen LogP contribution in [0, 0.1) is 17.8 Å². The first-order chi connectivity index (χ1) is 8.00. The molecule has 0 spiro atoms. The molecule has 0 radical (unpaired) electrons. The first-order valence-corrected chi connectivity index (χ1v) is 7.84. The van der Waals surface area contributed by atoms with E-state index in [2.05, 4.69) is 0 Å². The maximum atomic E-state index is 11.9. The number of hydrogen-bond acceptors (Lipinski definition) is 3. The van der Waals surface area contributed by atoms with Crippen molar-refractivity contribution in [1.29, 1.82) is 0 Å². The number of sulfonamides is 1. The summed E-state index contributed by atoms with van der Waals surface area (Å²) in [5.74, 6) is -0.633. The summed E-state index contributed by atoms with van der Waals surface area (Å²) >= 11 is 0. The smallest absolute Gasteiger partial charge is 0.308 e. The van der Waals surface area contributed by atoms with Gasteiger partial charge in [-0.2, -0.15) is 4.31 Å². The highest BCUT2D eigenvalue weighted by Gasteiger charge is 2.56. The maximum absolute atomic E-state index is 11.9. The Morgan fingerprint density at radius 2 is 1.94 bits per heavy atom. The van der Waals surface area contributed by atoms with Crippen molar-refractivity contribution in [1.82, 2.24) is 4.31 Å². The zero-order valence-corrected chi connectivity index (χ0v) is 10.4. The lowest BCUT2D eigenvalue weighted by Gasteiger charge is -2.34. The van der Waals surface area contributed by atoms with Crippen LogP contribution in [0.1, 0.15) is 25.7 Å². The molecule has 96 valence electrons. The Morgan fingerprint density at radius 3 is 2.53 bits per heavy atom. The average Bonchev–Trinajstić information content (AvgIpc) is 2.89.